The highest BCUT2D eigenvalue weighted by atomic mass is 35.5. The van der Waals surface area contributed by atoms with E-state index in [0.29, 0.717) is 22.0 Å². The van der Waals surface area contributed by atoms with Gasteiger partial charge in [-0.05, 0) is 79.9 Å². The second-order valence-electron chi connectivity index (χ2n) is 9.05. The molecule has 38 heavy (non-hydrogen) atoms. The molecule has 0 spiro atoms. The Morgan fingerprint density at radius 2 is 1.58 bits per heavy atom. The Morgan fingerprint density at radius 1 is 0.868 bits per heavy atom. The molecule has 0 aliphatic carbocycles. The predicted molar refractivity (Wildman–Crippen MR) is 158 cm³/mol. The summed E-state index contributed by atoms with van der Waals surface area (Å²) in [5.41, 5.74) is 4.66. The lowest BCUT2D eigenvalue weighted by atomic mass is 10.1. The normalized spacial score (nSPS) is 11.3. The molecular weight excluding hydrogens is 536 g/mol. The van der Waals surface area contributed by atoms with Gasteiger partial charge in [0.25, 0.3) is 10.0 Å². The minimum Gasteiger partial charge on any atom is -0.324 e. The minimum absolute atomic E-state index is 0.103. The fraction of sp³-hybridized carbons (Fsp3) is 0.167. The number of aryl methyl sites for hydroxylation is 3. The van der Waals surface area contributed by atoms with Crippen LogP contribution in [-0.4, -0.2) is 20.9 Å². The number of halogens is 1. The van der Waals surface area contributed by atoms with Crippen molar-refractivity contribution in [2.45, 2.75) is 36.3 Å². The summed E-state index contributed by atoms with van der Waals surface area (Å²) >= 11 is 7.96. The first-order chi connectivity index (χ1) is 18.1. The molecule has 1 amide bonds. The van der Waals surface area contributed by atoms with Gasteiger partial charge in [0, 0.05) is 21.4 Å². The van der Waals surface area contributed by atoms with Crippen molar-refractivity contribution in [1.82, 2.24) is 0 Å². The quantitative estimate of drug-likeness (QED) is 0.215. The van der Waals surface area contributed by atoms with Crippen molar-refractivity contribution in [3.05, 3.63) is 118 Å². The molecule has 0 aromatic heterocycles. The van der Waals surface area contributed by atoms with Crippen molar-refractivity contribution in [2.75, 3.05) is 16.2 Å². The Hall–Kier alpha value is -3.26. The fourth-order valence-electron chi connectivity index (χ4n) is 3.95. The van der Waals surface area contributed by atoms with Gasteiger partial charge in [-0.3, -0.25) is 9.10 Å². The number of carbonyl (C=O) groups is 1. The average Bonchev–Trinajstić information content (AvgIpc) is 2.90. The van der Waals surface area contributed by atoms with E-state index in [9.17, 15) is 13.2 Å². The van der Waals surface area contributed by atoms with Gasteiger partial charge in [0.15, 0.2) is 0 Å². The fourth-order valence-corrected chi connectivity index (χ4v) is 6.45. The number of benzene rings is 4. The molecule has 4 rings (SSSR count). The number of hydrogen-bond donors (Lipinski definition) is 1. The van der Waals surface area contributed by atoms with Crippen LogP contribution in [-0.2, 0) is 20.6 Å². The third-order valence-corrected chi connectivity index (χ3v) is 9.14. The summed E-state index contributed by atoms with van der Waals surface area (Å²) < 4.78 is 28.5. The second kappa shape index (κ2) is 12.1. The SMILES string of the molecule is Cc1ccc(S(=O)(=O)N(CC(=O)Nc2ccc(CSc3ccccc3)cc2C)c2cc(Cl)ccc2C)cc1. The monoisotopic (exact) mass is 564 g/mol. The van der Waals surface area contributed by atoms with Gasteiger partial charge in [0.2, 0.25) is 5.91 Å². The van der Waals surface area contributed by atoms with E-state index >= 15 is 0 Å². The van der Waals surface area contributed by atoms with Crippen LogP contribution in [0, 0.1) is 20.8 Å². The molecule has 1 N–H and O–H groups in total. The highest BCUT2D eigenvalue weighted by Crippen LogP contribution is 2.30. The van der Waals surface area contributed by atoms with Crippen molar-refractivity contribution in [3.8, 4) is 0 Å². The van der Waals surface area contributed by atoms with E-state index in [0.717, 1.165) is 26.7 Å². The molecule has 0 unspecified atom stereocenters. The maximum atomic E-state index is 13.7. The van der Waals surface area contributed by atoms with Crippen LogP contribution in [0.25, 0.3) is 0 Å². The highest BCUT2D eigenvalue weighted by molar-refractivity contribution is 7.98. The third-order valence-electron chi connectivity index (χ3n) is 6.05. The third kappa shape index (κ3) is 6.78. The van der Waals surface area contributed by atoms with Gasteiger partial charge in [-0.1, -0.05) is 65.7 Å². The Kier molecular flexibility index (Phi) is 8.82. The van der Waals surface area contributed by atoms with Crippen molar-refractivity contribution in [3.63, 3.8) is 0 Å². The standard InChI is InChI=1S/C30H29ClN2O3S2/c1-21-9-14-27(15-10-21)38(35,36)33(29-18-25(31)13-11-22(29)2)19-30(34)32-28-16-12-24(17-23(28)3)20-37-26-7-5-4-6-8-26/h4-18H,19-20H2,1-3H3,(H,32,34). The van der Waals surface area contributed by atoms with Gasteiger partial charge in [-0.2, -0.15) is 0 Å². The van der Waals surface area contributed by atoms with Crippen molar-refractivity contribution < 1.29 is 13.2 Å². The number of rotatable bonds is 9. The topological polar surface area (TPSA) is 66.5 Å². The smallest absolute Gasteiger partial charge is 0.264 e. The van der Waals surface area contributed by atoms with Crippen LogP contribution in [0.15, 0.2) is 101 Å². The molecule has 8 heteroatoms. The number of amides is 1. The molecule has 4 aromatic carbocycles. The van der Waals surface area contributed by atoms with Crippen LogP contribution < -0.4 is 9.62 Å². The zero-order valence-electron chi connectivity index (χ0n) is 21.4. The van der Waals surface area contributed by atoms with Crippen LogP contribution in [0.1, 0.15) is 22.3 Å². The van der Waals surface area contributed by atoms with E-state index in [1.165, 1.54) is 4.90 Å². The average molecular weight is 565 g/mol. The molecule has 0 bridgehead atoms. The Balaban J connectivity index is 1.55. The van der Waals surface area contributed by atoms with Crippen molar-refractivity contribution in [2.24, 2.45) is 0 Å². The van der Waals surface area contributed by atoms with Gasteiger partial charge >= 0.3 is 0 Å². The van der Waals surface area contributed by atoms with Crippen LogP contribution >= 0.6 is 23.4 Å². The molecule has 0 heterocycles. The van der Waals surface area contributed by atoms with Gasteiger partial charge in [0.05, 0.1) is 10.6 Å². The molecule has 4 aromatic rings. The minimum atomic E-state index is -4.04. The lowest BCUT2D eigenvalue weighted by molar-refractivity contribution is -0.114. The summed E-state index contributed by atoms with van der Waals surface area (Å²) in [6.45, 7) is 5.20. The Labute approximate surface area is 233 Å². The molecule has 0 aliphatic rings. The predicted octanol–water partition coefficient (Wildman–Crippen LogP) is 7.39. The van der Waals surface area contributed by atoms with E-state index in [-0.39, 0.29) is 4.90 Å². The summed E-state index contributed by atoms with van der Waals surface area (Å²) in [5.74, 6) is 0.352. The van der Waals surface area contributed by atoms with E-state index in [1.807, 2.05) is 50.2 Å². The number of thioether (sulfide) groups is 1. The first-order valence-corrected chi connectivity index (χ1v) is 14.9. The molecule has 0 fully saturated rings. The van der Waals surface area contributed by atoms with E-state index < -0.39 is 22.5 Å². The summed E-state index contributed by atoms with van der Waals surface area (Å²) in [4.78, 5) is 14.5. The molecule has 0 saturated carbocycles. The summed E-state index contributed by atoms with van der Waals surface area (Å²) in [5, 5.41) is 3.28. The summed E-state index contributed by atoms with van der Waals surface area (Å²) in [6.07, 6.45) is 0. The van der Waals surface area contributed by atoms with Crippen molar-refractivity contribution >= 4 is 50.7 Å². The Bertz CT molecular complexity index is 1540. The molecule has 0 atom stereocenters. The maximum absolute atomic E-state index is 13.7. The van der Waals surface area contributed by atoms with Gasteiger partial charge in [-0.15, -0.1) is 11.8 Å². The van der Waals surface area contributed by atoms with Crippen LogP contribution in [0.3, 0.4) is 0 Å². The maximum Gasteiger partial charge on any atom is 0.264 e. The number of anilines is 2. The zero-order valence-corrected chi connectivity index (χ0v) is 23.8. The van der Waals surface area contributed by atoms with E-state index in [4.69, 9.17) is 11.6 Å². The van der Waals surface area contributed by atoms with Gasteiger partial charge < -0.3 is 5.32 Å². The first-order valence-electron chi connectivity index (χ1n) is 12.1. The first kappa shape index (κ1) is 27.8. The number of nitrogens with zero attached hydrogens (tertiary/aromatic N) is 1. The number of sulfonamides is 1. The lowest BCUT2D eigenvalue weighted by Crippen LogP contribution is -2.38. The zero-order chi connectivity index (χ0) is 27.3. The van der Waals surface area contributed by atoms with Gasteiger partial charge in [-0.25, -0.2) is 8.42 Å². The van der Waals surface area contributed by atoms with Crippen LogP contribution in [0.4, 0.5) is 11.4 Å². The summed E-state index contributed by atoms with van der Waals surface area (Å²) in [7, 11) is -4.04. The van der Waals surface area contributed by atoms with Crippen molar-refractivity contribution in [1.29, 1.82) is 0 Å². The van der Waals surface area contributed by atoms with Crippen LogP contribution in [0.2, 0.25) is 5.02 Å². The lowest BCUT2D eigenvalue weighted by Gasteiger charge is -2.26. The molecule has 0 saturated heterocycles. The molecular formula is C30H29ClN2O3S2. The number of nitrogens with one attached hydrogen (secondary N) is 1. The molecule has 196 valence electrons. The molecule has 0 aliphatic heterocycles. The largest absolute Gasteiger partial charge is 0.324 e. The number of carbonyl (C=O) groups excluding carboxylic acids is 1. The highest BCUT2D eigenvalue weighted by Gasteiger charge is 2.28. The van der Waals surface area contributed by atoms with E-state index in [1.54, 1.807) is 61.2 Å². The van der Waals surface area contributed by atoms with Crippen LogP contribution in [0.5, 0.6) is 0 Å². The van der Waals surface area contributed by atoms with E-state index in [2.05, 4.69) is 17.4 Å². The Morgan fingerprint density at radius 3 is 2.26 bits per heavy atom. The second-order valence-corrected chi connectivity index (χ2v) is 12.4. The molecule has 5 nitrogen and oxygen atoms in total. The number of hydrogen-bond acceptors (Lipinski definition) is 4. The summed E-state index contributed by atoms with van der Waals surface area (Å²) in [6, 6.07) is 27.6. The molecule has 0 radical (unpaired) electrons. The van der Waals surface area contributed by atoms with Gasteiger partial charge in [0.1, 0.15) is 6.54 Å².